The molecule has 8 nitrogen and oxygen atoms in total. The lowest BCUT2D eigenvalue weighted by atomic mass is 9.88. The number of nitro groups is 1. The average Bonchev–Trinajstić information content (AvgIpc) is 3.11. The summed E-state index contributed by atoms with van der Waals surface area (Å²) in [6.45, 7) is 0. The molecule has 0 radical (unpaired) electrons. The smallest absolute Gasteiger partial charge is 0.344 e. The number of nitrogens with zero attached hydrogens (tertiary/aromatic N) is 2. The molecule has 1 aliphatic rings. The van der Waals surface area contributed by atoms with Gasteiger partial charge in [0.05, 0.1) is 21.8 Å². The van der Waals surface area contributed by atoms with E-state index in [0.29, 0.717) is 15.8 Å². The summed E-state index contributed by atoms with van der Waals surface area (Å²) in [4.78, 5) is 23.5. The van der Waals surface area contributed by atoms with Gasteiger partial charge in [0.1, 0.15) is 17.2 Å². The third-order valence-corrected chi connectivity index (χ3v) is 5.15. The quantitative estimate of drug-likeness (QED) is 0.418. The van der Waals surface area contributed by atoms with Crippen LogP contribution in [-0.2, 0) is 0 Å². The van der Waals surface area contributed by atoms with Crippen LogP contribution in [0.1, 0.15) is 16.4 Å². The topological polar surface area (TPSA) is 132 Å². The first-order valence-electron chi connectivity index (χ1n) is 7.38. The third kappa shape index (κ3) is 2.24. The van der Waals surface area contributed by atoms with Crippen LogP contribution in [0.3, 0.4) is 0 Å². The number of hydrogen-bond acceptors (Lipinski definition) is 8. The van der Waals surface area contributed by atoms with E-state index in [2.05, 4.69) is 0 Å². The summed E-state index contributed by atoms with van der Waals surface area (Å²) in [6, 6.07) is 11.5. The molecule has 1 aromatic carbocycles. The Hall–Kier alpha value is -3.64. The van der Waals surface area contributed by atoms with Crippen molar-refractivity contribution in [2.45, 2.75) is 5.92 Å². The minimum absolute atomic E-state index is 0.0110. The van der Waals surface area contributed by atoms with Gasteiger partial charge < -0.3 is 14.9 Å². The molecule has 2 N–H and O–H groups in total. The van der Waals surface area contributed by atoms with E-state index in [-0.39, 0.29) is 27.8 Å². The van der Waals surface area contributed by atoms with Crippen molar-refractivity contribution in [3.05, 3.63) is 78.8 Å². The maximum atomic E-state index is 12.6. The first-order chi connectivity index (χ1) is 12.5. The number of hydrogen-bond donors (Lipinski definition) is 1. The second-order valence-corrected chi connectivity index (χ2v) is 6.58. The molecule has 0 saturated heterocycles. The zero-order chi connectivity index (χ0) is 18.4. The van der Waals surface area contributed by atoms with Crippen molar-refractivity contribution in [1.29, 1.82) is 5.26 Å². The molecule has 26 heavy (non-hydrogen) atoms. The normalized spacial score (nSPS) is 16.0. The molecule has 0 aliphatic carbocycles. The molecule has 9 heteroatoms. The van der Waals surface area contributed by atoms with Crippen molar-refractivity contribution in [2.75, 3.05) is 0 Å². The zero-order valence-corrected chi connectivity index (χ0v) is 13.8. The minimum Gasteiger partial charge on any atom is -0.439 e. The van der Waals surface area contributed by atoms with Crippen molar-refractivity contribution in [3.63, 3.8) is 0 Å². The van der Waals surface area contributed by atoms with E-state index in [4.69, 9.17) is 14.9 Å². The molecule has 0 amide bonds. The maximum Gasteiger partial charge on any atom is 0.344 e. The lowest BCUT2D eigenvalue weighted by Crippen LogP contribution is -2.25. The highest BCUT2D eigenvalue weighted by Gasteiger charge is 2.37. The van der Waals surface area contributed by atoms with Gasteiger partial charge in [-0.1, -0.05) is 23.5 Å². The van der Waals surface area contributed by atoms with Gasteiger partial charge in [0.15, 0.2) is 5.75 Å². The molecule has 0 bridgehead atoms. The average molecular weight is 367 g/mol. The van der Waals surface area contributed by atoms with Crippen molar-refractivity contribution in [1.82, 2.24) is 0 Å². The fourth-order valence-corrected chi connectivity index (χ4v) is 3.89. The number of allylic oxidation sites excluding steroid dienone is 1. The SMILES string of the molecule is N#CC1=C(N)Oc2c(c(=O)oc3ccccc23)[C@@H]1c1ccc([N+](=O)[O-])s1. The monoisotopic (exact) mass is 367 g/mol. The zero-order valence-electron chi connectivity index (χ0n) is 13.0. The third-order valence-electron chi connectivity index (χ3n) is 4.05. The van der Waals surface area contributed by atoms with Crippen LogP contribution in [-0.4, -0.2) is 4.92 Å². The van der Waals surface area contributed by atoms with E-state index < -0.39 is 16.5 Å². The second kappa shape index (κ2) is 5.72. The van der Waals surface area contributed by atoms with Crippen molar-refractivity contribution in [2.24, 2.45) is 5.73 Å². The number of benzene rings is 1. The summed E-state index contributed by atoms with van der Waals surface area (Å²) in [5, 5.41) is 20.9. The van der Waals surface area contributed by atoms with Crippen LogP contribution in [0.15, 0.2) is 57.1 Å². The molecule has 0 saturated carbocycles. The van der Waals surface area contributed by atoms with Crippen LogP contribution in [0.2, 0.25) is 0 Å². The van der Waals surface area contributed by atoms with E-state index in [1.165, 1.54) is 12.1 Å². The molecule has 3 aromatic rings. The van der Waals surface area contributed by atoms with E-state index in [0.717, 1.165) is 11.3 Å². The van der Waals surface area contributed by atoms with E-state index in [1.807, 2.05) is 6.07 Å². The largest absolute Gasteiger partial charge is 0.439 e. The standard InChI is InChI=1S/C17H9N3O5S/c18-7-9-13(11-5-6-12(26-11)20(22)23)14-15(25-16(9)19)8-3-1-2-4-10(8)24-17(14)21/h1-6,13H,19H2/t13-/m0/s1. The molecule has 3 heterocycles. The number of thiophene rings is 1. The highest BCUT2D eigenvalue weighted by molar-refractivity contribution is 7.15. The molecule has 1 aliphatic heterocycles. The molecular formula is C17H9N3O5S. The minimum atomic E-state index is -0.886. The fourth-order valence-electron chi connectivity index (χ4n) is 2.95. The Kier molecular flexibility index (Phi) is 3.49. The Labute approximate surface area is 149 Å². The Balaban J connectivity index is 2.05. The van der Waals surface area contributed by atoms with Crippen LogP contribution in [0, 0.1) is 21.4 Å². The number of nitrogens with two attached hydrogens (primary N) is 1. The molecule has 4 rings (SSSR count). The summed E-state index contributed by atoms with van der Waals surface area (Å²) >= 11 is 0.870. The Morgan fingerprint density at radius 2 is 2.04 bits per heavy atom. The van der Waals surface area contributed by atoms with Gasteiger partial charge in [0, 0.05) is 10.9 Å². The number of para-hydroxylation sites is 1. The molecule has 0 fully saturated rings. The molecule has 128 valence electrons. The van der Waals surface area contributed by atoms with Crippen LogP contribution in [0.4, 0.5) is 5.00 Å². The Morgan fingerprint density at radius 1 is 1.27 bits per heavy atom. The summed E-state index contributed by atoms with van der Waals surface area (Å²) in [5.74, 6) is -0.825. The Morgan fingerprint density at radius 3 is 2.73 bits per heavy atom. The summed E-state index contributed by atoms with van der Waals surface area (Å²) < 4.78 is 10.9. The van der Waals surface area contributed by atoms with E-state index in [9.17, 15) is 20.2 Å². The van der Waals surface area contributed by atoms with Gasteiger partial charge in [-0.25, -0.2) is 4.79 Å². The fraction of sp³-hybridized carbons (Fsp3) is 0.0588. The van der Waals surface area contributed by atoms with E-state index in [1.54, 1.807) is 24.3 Å². The van der Waals surface area contributed by atoms with Crippen molar-refractivity contribution < 1.29 is 14.1 Å². The van der Waals surface area contributed by atoms with Gasteiger partial charge >= 0.3 is 10.6 Å². The predicted octanol–water partition coefficient (Wildman–Crippen LogP) is 2.98. The van der Waals surface area contributed by atoms with Crippen molar-refractivity contribution in [3.8, 4) is 11.8 Å². The number of nitriles is 1. The summed E-state index contributed by atoms with van der Waals surface area (Å²) in [7, 11) is 0. The summed E-state index contributed by atoms with van der Waals surface area (Å²) in [6.07, 6.45) is 0. The number of fused-ring (bicyclic) bond motifs is 3. The molecule has 0 spiro atoms. The van der Waals surface area contributed by atoms with Gasteiger partial charge in [0.25, 0.3) is 0 Å². The molecular weight excluding hydrogens is 358 g/mol. The molecule has 1 atom stereocenters. The molecule has 2 aromatic heterocycles. The highest BCUT2D eigenvalue weighted by atomic mass is 32.1. The second-order valence-electron chi connectivity index (χ2n) is 5.49. The maximum absolute atomic E-state index is 12.6. The predicted molar refractivity (Wildman–Crippen MR) is 92.8 cm³/mol. The van der Waals surface area contributed by atoms with Crippen LogP contribution in [0.5, 0.6) is 5.75 Å². The van der Waals surface area contributed by atoms with Gasteiger partial charge in [0.2, 0.25) is 5.88 Å². The number of rotatable bonds is 2. The van der Waals surface area contributed by atoms with Crippen molar-refractivity contribution >= 4 is 27.3 Å². The van der Waals surface area contributed by atoms with Gasteiger partial charge in [-0.15, -0.1) is 0 Å². The first kappa shape index (κ1) is 15.9. The highest BCUT2D eigenvalue weighted by Crippen LogP contribution is 2.45. The van der Waals surface area contributed by atoms with Gasteiger partial charge in [-0.2, -0.15) is 5.26 Å². The number of ether oxygens (including phenoxy) is 1. The lowest BCUT2D eigenvalue weighted by Gasteiger charge is -2.24. The summed E-state index contributed by atoms with van der Waals surface area (Å²) in [5.41, 5.74) is 5.67. The van der Waals surface area contributed by atoms with Gasteiger partial charge in [-0.3, -0.25) is 10.1 Å². The van der Waals surface area contributed by atoms with Crippen LogP contribution in [0.25, 0.3) is 11.0 Å². The Bertz CT molecular complexity index is 1200. The molecule has 0 unspecified atom stereocenters. The van der Waals surface area contributed by atoms with Gasteiger partial charge in [-0.05, 0) is 18.2 Å². The lowest BCUT2D eigenvalue weighted by molar-refractivity contribution is -0.380. The van der Waals surface area contributed by atoms with E-state index >= 15 is 0 Å². The van der Waals surface area contributed by atoms with Crippen LogP contribution >= 0.6 is 11.3 Å². The first-order valence-corrected chi connectivity index (χ1v) is 8.20. The van der Waals surface area contributed by atoms with Crippen LogP contribution < -0.4 is 16.1 Å².